The molecular formula is C20H24N2O6. The molecule has 0 unspecified atom stereocenters. The second-order valence-electron chi connectivity index (χ2n) is 7.06. The van der Waals surface area contributed by atoms with Gasteiger partial charge >= 0.3 is 5.97 Å². The van der Waals surface area contributed by atoms with E-state index in [9.17, 15) is 19.2 Å². The summed E-state index contributed by atoms with van der Waals surface area (Å²) in [5, 5.41) is 5.05. The minimum atomic E-state index is -0.703. The van der Waals surface area contributed by atoms with Gasteiger partial charge in [-0.05, 0) is 43.0 Å². The van der Waals surface area contributed by atoms with Crippen molar-refractivity contribution in [1.82, 2.24) is 5.32 Å². The number of nitrogens with one attached hydrogen (secondary N) is 2. The van der Waals surface area contributed by atoms with Crippen LogP contribution in [-0.4, -0.2) is 36.9 Å². The van der Waals surface area contributed by atoms with Gasteiger partial charge in [0.1, 0.15) is 5.75 Å². The van der Waals surface area contributed by atoms with E-state index < -0.39 is 18.5 Å². The molecule has 0 bridgehead atoms. The number of carbonyl (C=O) groups is 4. The predicted molar refractivity (Wildman–Crippen MR) is 99.6 cm³/mol. The Bertz CT molecular complexity index is 770. The van der Waals surface area contributed by atoms with Crippen LogP contribution < -0.4 is 15.4 Å². The molecule has 0 atom stereocenters. The third-order valence-electron chi connectivity index (χ3n) is 4.93. The van der Waals surface area contributed by atoms with Gasteiger partial charge in [-0.3, -0.25) is 19.7 Å². The zero-order chi connectivity index (χ0) is 19.9. The number of imide groups is 1. The predicted octanol–water partition coefficient (Wildman–Crippen LogP) is 1.72. The molecule has 1 saturated carbocycles. The molecule has 0 radical (unpaired) electrons. The number of fused-ring (bicyclic) bond motifs is 1. The summed E-state index contributed by atoms with van der Waals surface area (Å²) < 4.78 is 10.2. The normalized spacial score (nSPS) is 16.5. The molecule has 0 saturated heterocycles. The molecule has 3 rings (SSSR count). The van der Waals surface area contributed by atoms with Crippen LogP contribution in [0.15, 0.2) is 18.2 Å². The molecule has 1 aliphatic heterocycles. The summed E-state index contributed by atoms with van der Waals surface area (Å²) in [5.41, 5.74) is 1.68. The summed E-state index contributed by atoms with van der Waals surface area (Å²) in [4.78, 5) is 46.9. The zero-order valence-corrected chi connectivity index (χ0v) is 15.6. The van der Waals surface area contributed by atoms with Crippen molar-refractivity contribution in [3.8, 4) is 5.75 Å². The molecule has 28 heavy (non-hydrogen) atoms. The van der Waals surface area contributed by atoms with Crippen molar-refractivity contribution in [2.45, 2.75) is 44.9 Å². The quantitative estimate of drug-likeness (QED) is 0.718. The number of hydrogen-bond donors (Lipinski definition) is 2. The minimum Gasteiger partial charge on any atom is -0.482 e. The molecule has 1 aromatic carbocycles. The van der Waals surface area contributed by atoms with Crippen LogP contribution >= 0.6 is 0 Å². The molecule has 0 aromatic heterocycles. The number of ether oxygens (including phenoxy) is 2. The number of aryl methyl sites for hydroxylation is 1. The molecule has 2 N–H and O–H groups in total. The fraction of sp³-hybridized carbons (Fsp3) is 0.500. The third kappa shape index (κ3) is 5.55. The lowest BCUT2D eigenvalue weighted by molar-refractivity contribution is -0.151. The topological polar surface area (TPSA) is 111 Å². The first-order valence-electron chi connectivity index (χ1n) is 9.56. The lowest BCUT2D eigenvalue weighted by Gasteiger charge is -2.20. The highest BCUT2D eigenvalue weighted by molar-refractivity contribution is 5.97. The smallest absolute Gasteiger partial charge is 0.344 e. The van der Waals surface area contributed by atoms with Crippen molar-refractivity contribution in [1.29, 1.82) is 0 Å². The Morgan fingerprint density at radius 1 is 1.07 bits per heavy atom. The first kappa shape index (κ1) is 19.9. The van der Waals surface area contributed by atoms with E-state index in [2.05, 4.69) is 10.6 Å². The van der Waals surface area contributed by atoms with Gasteiger partial charge in [0.2, 0.25) is 11.8 Å². The minimum absolute atomic E-state index is 0.0232. The highest BCUT2D eigenvalue weighted by Gasteiger charge is 2.23. The van der Waals surface area contributed by atoms with E-state index in [4.69, 9.17) is 9.47 Å². The Kier molecular flexibility index (Phi) is 6.62. The van der Waals surface area contributed by atoms with Crippen molar-refractivity contribution in [2.24, 2.45) is 5.92 Å². The Labute approximate surface area is 163 Å². The average Bonchev–Trinajstić information content (AvgIpc) is 2.71. The summed E-state index contributed by atoms with van der Waals surface area (Å²) in [6, 6.07) is 5.13. The maximum Gasteiger partial charge on any atom is 0.344 e. The maximum absolute atomic E-state index is 12.0. The van der Waals surface area contributed by atoms with Crippen LogP contribution in [0.5, 0.6) is 5.75 Å². The van der Waals surface area contributed by atoms with Gasteiger partial charge in [-0.2, -0.15) is 0 Å². The summed E-state index contributed by atoms with van der Waals surface area (Å²) in [6.45, 7) is -0.869. The Balaban J connectivity index is 1.38. The number of benzene rings is 1. The van der Waals surface area contributed by atoms with Crippen LogP contribution in [0.1, 0.15) is 44.1 Å². The van der Waals surface area contributed by atoms with E-state index >= 15 is 0 Å². The second-order valence-corrected chi connectivity index (χ2v) is 7.06. The molecule has 3 amide bonds. The van der Waals surface area contributed by atoms with Crippen LogP contribution in [-0.2, 0) is 30.3 Å². The second kappa shape index (κ2) is 9.34. The molecule has 2 aliphatic rings. The van der Waals surface area contributed by atoms with E-state index in [0.29, 0.717) is 18.6 Å². The first-order valence-corrected chi connectivity index (χ1v) is 9.56. The fourth-order valence-electron chi connectivity index (χ4n) is 3.42. The van der Waals surface area contributed by atoms with Crippen LogP contribution in [0.2, 0.25) is 0 Å². The summed E-state index contributed by atoms with van der Waals surface area (Å²) >= 11 is 0. The first-order chi connectivity index (χ1) is 13.5. The number of carbonyl (C=O) groups excluding carboxylic acids is 4. The SMILES string of the molecule is O=C(COC(=O)COc1ccc2c(c1)CCC(=O)N2)NC(=O)C1CCCCC1. The van der Waals surface area contributed by atoms with E-state index in [1.807, 2.05) is 0 Å². The van der Waals surface area contributed by atoms with E-state index in [1.54, 1.807) is 18.2 Å². The van der Waals surface area contributed by atoms with Gasteiger partial charge < -0.3 is 14.8 Å². The highest BCUT2D eigenvalue weighted by atomic mass is 16.6. The van der Waals surface area contributed by atoms with Gasteiger partial charge in [0, 0.05) is 18.0 Å². The monoisotopic (exact) mass is 388 g/mol. The van der Waals surface area contributed by atoms with Gasteiger partial charge in [-0.15, -0.1) is 0 Å². The van der Waals surface area contributed by atoms with Crippen molar-refractivity contribution >= 4 is 29.4 Å². The maximum atomic E-state index is 12.0. The number of anilines is 1. The summed E-state index contributed by atoms with van der Waals surface area (Å²) in [6.07, 6.45) is 5.70. The van der Waals surface area contributed by atoms with Crippen LogP contribution in [0.3, 0.4) is 0 Å². The molecule has 150 valence electrons. The van der Waals surface area contributed by atoms with Gasteiger partial charge in [-0.25, -0.2) is 4.79 Å². The standard InChI is InChI=1S/C20H24N2O6/c23-17-9-6-14-10-15(7-8-16(14)21-17)27-12-19(25)28-11-18(24)22-20(26)13-4-2-1-3-5-13/h7-8,10,13H,1-6,9,11-12H2,(H,21,23)(H,22,24,26). The van der Waals surface area contributed by atoms with Crippen molar-refractivity contribution in [3.05, 3.63) is 23.8 Å². The van der Waals surface area contributed by atoms with E-state index in [-0.39, 0.29) is 24.3 Å². The largest absolute Gasteiger partial charge is 0.482 e. The van der Waals surface area contributed by atoms with Gasteiger partial charge in [0.25, 0.3) is 5.91 Å². The fourth-order valence-corrected chi connectivity index (χ4v) is 3.42. The molecule has 0 spiro atoms. The molecule has 1 aliphatic carbocycles. The molecular weight excluding hydrogens is 364 g/mol. The number of esters is 1. The number of hydrogen-bond acceptors (Lipinski definition) is 6. The Hall–Kier alpha value is -2.90. The molecule has 1 aromatic rings. The average molecular weight is 388 g/mol. The van der Waals surface area contributed by atoms with Gasteiger partial charge in [0.05, 0.1) is 0 Å². The molecule has 1 fully saturated rings. The van der Waals surface area contributed by atoms with Crippen LogP contribution in [0.25, 0.3) is 0 Å². The third-order valence-corrected chi connectivity index (χ3v) is 4.93. The van der Waals surface area contributed by atoms with Crippen LogP contribution in [0, 0.1) is 5.92 Å². The Morgan fingerprint density at radius 2 is 1.86 bits per heavy atom. The van der Waals surface area contributed by atoms with Crippen LogP contribution in [0.4, 0.5) is 5.69 Å². The number of rotatable bonds is 6. The number of amides is 3. The summed E-state index contributed by atoms with van der Waals surface area (Å²) in [7, 11) is 0. The van der Waals surface area contributed by atoms with E-state index in [1.165, 1.54) is 0 Å². The van der Waals surface area contributed by atoms with Gasteiger partial charge in [0.15, 0.2) is 13.2 Å². The summed E-state index contributed by atoms with van der Waals surface area (Å²) in [5.74, 6) is -1.31. The van der Waals surface area contributed by atoms with Crippen molar-refractivity contribution in [3.63, 3.8) is 0 Å². The lowest BCUT2D eigenvalue weighted by atomic mass is 9.89. The lowest BCUT2D eigenvalue weighted by Crippen LogP contribution is -2.39. The highest BCUT2D eigenvalue weighted by Crippen LogP contribution is 2.27. The van der Waals surface area contributed by atoms with Crippen molar-refractivity contribution in [2.75, 3.05) is 18.5 Å². The Morgan fingerprint density at radius 3 is 2.64 bits per heavy atom. The zero-order valence-electron chi connectivity index (χ0n) is 15.6. The van der Waals surface area contributed by atoms with E-state index in [0.717, 1.165) is 43.4 Å². The molecule has 8 nitrogen and oxygen atoms in total. The molecule has 1 heterocycles. The van der Waals surface area contributed by atoms with Crippen molar-refractivity contribution < 1.29 is 28.7 Å². The van der Waals surface area contributed by atoms with Gasteiger partial charge in [-0.1, -0.05) is 19.3 Å². The molecule has 8 heteroatoms.